The van der Waals surface area contributed by atoms with Crippen LogP contribution in [-0.2, 0) is 4.79 Å². The van der Waals surface area contributed by atoms with Crippen LogP contribution >= 0.6 is 0 Å². The zero-order chi connectivity index (χ0) is 8.55. The van der Waals surface area contributed by atoms with E-state index >= 15 is 0 Å². The van der Waals surface area contributed by atoms with E-state index in [1.165, 1.54) is 19.3 Å². The first kappa shape index (κ1) is 8.05. The normalized spacial score (nSPS) is 31.9. The van der Waals surface area contributed by atoms with Crippen molar-refractivity contribution in [2.24, 2.45) is 5.73 Å². The van der Waals surface area contributed by atoms with E-state index in [1.54, 1.807) is 0 Å². The average molecular weight is 168 g/mol. The molecule has 3 nitrogen and oxygen atoms in total. The maximum atomic E-state index is 11.6. The minimum absolute atomic E-state index is 0.186. The predicted molar refractivity (Wildman–Crippen MR) is 46.6 cm³/mol. The van der Waals surface area contributed by atoms with Gasteiger partial charge in [0.25, 0.3) is 0 Å². The molecule has 0 radical (unpaired) electrons. The largest absolute Gasteiger partial charge is 0.338 e. The SMILES string of the molecule is NC1CCCN(C2CCC2)C1=O. The number of carbonyl (C=O) groups is 1. The molecule has 0 aromatic rings. The molecule has 1 aliphatic heterocycles. The molecule has 1 saturated carbocycles. The lowest BCUT2D eigenvalue weighted by atomic mass is 9.89. The van der Waals surface area contributed by atoms with Gasteiger partial charge < -0.3 is 10.6 Å². The Morgan fingerprint density at radius 2 is 2.00 bits per heavy atom. The van der Waals surface area contributed by atoms with Crippen LogP contribution in [0.5, 0.6) is 0 Å². The Morgan fingerprint density at radius 1 is 1.25 bits per heavy atom. The van der Waals surface area contributed by atoms with Crippen molar-refractivity contribution in [2.45, 2.75) is 44.2 Å². The Morgan fingerprint density at radius 3 is 2.58 bits per heavy atom. The van der Waals surface area contributed by atoms with Gasteiger partial charge in [0.1, 0.15) is 0 Å². The van der Waals surface area contributed by atoms with Gasteiger partial charge in [-0.3, -0.25) is 4.79 Å². The summed E-state index contributed by atoms with van der Waals surface area (Å²) in [4.78, 5) is 13.6. The van der Waals surface area contributed by atoms with Gasteiger partial charge in [-0.1, -0.05) is 0 Å². The second-order valence-electron chi connectivity index (χ2n) is 3.87. The van der Waals surface area contributed by atoms with Gasteiger partial charge in [0, 0.05) is 12.6 Å². The van der Waals surface area contributed by atoms with E-state index in [0.29, 0.717) is 6.04 Å². The van der Waals surface area contributed by atoms with E-state index in [4.69, 9.17) is 5.73 Å². The van der Waals surface area contributed by atoms with Gasteiger partial charge in [0.05, 0.1) is 6.04 Å². The van der Waals surface area contributed by atoms with Crippen LogP contribution in [0, 0.1) is 0 Å². The number of carbonyl (C=O) groups excluding carboxylic acids is 1. The van der Waals surface area contributed by atoms with Crippen molar-refractivity contribution in [1.82, 2.24) is 4.90 Å². The highest BCUT2D eigenvalue weighted by atomic mass is 16.2. The summed E-state index contributed by atoms with van der Waals surface area (Å²) < 4.78 is 0. The summed E-state index contributed by atoms with van der Waals surface area (Å²) >= 11 is 0. The molecule has 12 heavy (non-hydrogen) atoms. The van der Waals surface area contributed by atoms with Crippen LogP contribution in [-0.4, -0.2) is 29.4 Å². The summed E-state index contributed by atoms with van der Waals surface area (Å²) in [5.74, 6) is 0.186. The molecule has 2 N–H and O–H groups in total. The molecule has 1 unspecified atom stereocenters. The molecular formula is C9H16N2O. The van der Waals surface area contributed by atoms with E-state index in [1.807, 2.05) is 4.90 Å². The smallest absolute Gasteiger partial charge is 0.239 e. The first-order chi connectivity index (χ1) is 5.79. The highest BCUT2D eigenvalue weighted by molar-refractivity contribution is 5.82. The lowest BCUT2D eigenvalue weighted by Crippen LogP contribution is -2.54. The number of rotatable bonds is 1. The minimum atomic E-state index is -0.209. The number of nitrogens with zero attached hydrogens (tertiary/aromatic N) is 1. The van der Waals surface area contributed by atoms with Crippen LogP contribution in [0.25, 0.3) is 0 Å². The maximum Gasteiger partial charge on any atom is 0.239 e. The molecule has 2 aliphatic rings. The fraction of sp³-hybridized carbons (Fsp3) is 0.889. The van der Waals surface area contributed by atoms with Crippen molar-refractivity contribution in [3.05, 3.63) is 0 Å². The van der Waals surface area contributed by atoms with Crippen molar-refractivity contribution >= 4 is 5.91 Å². The Labute approximate surface area is 72.9 Å². The Balaban J connectivity index is 1.98. The van der Waals surface area contributed by atoms with E-state index in [-0.39, 0.29) is 11.9 Å². The topological polar surface area (TPSA) is 46.3 Å². The van der Waals surface area contributed by atoms with Gasteiger partial charge in [-0.05, 0) is 32.1 Å². The molecule has 0 spiro atoms. The summed E-state index contributed by atoms with van der Waals surface area (Å²) in [6.45, 7) is 0.942. The molecule has 0 aromatic heterocycles. The van der Waals surface area contributed by atoms with Crippen molar-refractivity contribution in [3.8, 4) is 0 Å². The summed E-state index contributed by atoms with van der Waals surface area (Å²) in [5.41, 5.74) is 5.69. The third kappa shape index (κ3) is 1.22. The first-order valence-corrected chi connectivity index (χ1v) is 4.85. The van der Waals surface area contributed by atoms with Crippen molar-refractivity contribution in [2.75, 3.05) is 6.54 Å². The summed E-state index contributed by atoms with van der Waals surface area (Å²) in [5, 5.41) is 0. The molecule has 0 aromatic carbocycles. The minimum Gasteiger partial charge on any atom is -0.338 e. The van der Waals surface area contributed by atoms with Crippen molar-refractivity contribution in [1.29, 1.82) is 0 Å². The number of piperidine rings is 1. The van der Waals surface area contributed by atoms with Gasteiger partial charge in [0.15, 0.2) is 0 Å². The molecule has 3 heteroatoms. The molecule has 1 saturated heterocycles. The molecular weight excluding hydrogens is 152 g/mol. The average Bonchev–Trinajstić information content (AvgIpc) is 1.95. The van der Waals surface area contributed by atoms with E-state index < -0.39 is 0 Å². The second kappa shape index (κ2) is 3.05. The number of nitrogens with two attached hydrogens (primary N) is 1. The second-order valence-corrected chi connectivity index (χ2v) is 3.87. The van der Waals surface area contributed by atoms with Crippen molar-refractivity contribution < 1.29 is 4.79 Å². The van der Waals surface area contributed by atoms with Gasteiger partial charge in [-0.25, -0.2) is 0 Å². The highest BCUT2D eigenvalue weighted by Crippen LogP contribution is 2.27. The maximum absolute atomic E-state index is 11.6. The molecule has 1 heterocycles. The Kier molecular flexibility index (Phi) is 2.05. The van der Waals surface area contributed by atoms with E-state index in [0.717, 1.165) is 19.4 Å². The van der Waals surface area contributed by atoms with Crippen LogP contribution in [0.3, 0.4) is 0 Å². The van der Waals surface area contributed by atoms with Gasteiger partial charge in [-0.15, -0.1) is 0 Å². The molecule has 1 atom stereocenters. The Hall–Kier alpha value is -0.570. The van der Waals surface area contributed by atoms with Gasteiger partial charge in [-0.2, -0.15) is 0 Å². The summed E-state index contributed by atoms with van der Waals surface area (Å²) in [6, 6.07) is 0.322. The van der Waals surface area contributed by atoms with Crippen LogP contribution in [0.1, 0.15) is 32.1 Å². The Bertz CT molecular complexity index is 189. The lowest BCUT2D eigenvalue weighted by molar-refractivity contribution is -0.139. The lowest BCUT2D eigenvalue weighted by Gasteiger charge is -2.41. The van der Waals surface area contributed by atoms with Crippen LogP contribution in [0.2, 0.25) is 0 Å². The molecule has 68 valence electrons. The molecule has 1 amide bonds. The predicted octanol–water partition coefficient (Wildman–Crippen LogP) is 0.489. The number of amides is 1. The van der Waals surface area contributed by atoms with Crippen LogP contribution in [0.15, 0.2) is 0 Å². The van der Waals surface area contributed by atoms with Crippen molar-refractivity contribution in [3.63, 3.8) is 0 Å². The van der Waals surface area contributed by atoms with Crippen LogP contribution in [0.4, 0.5) is 0 Å². The molecule has 2 rings (SSSR count). The molecule has 0 bridgehead atoms. The standard InChI is InChI=1S/C9H16N2O/c10-8-5-2-6-11(9(8)12)7-3-1-4-7/h7-8H,1-6,10H2. The number of likely N-dealkylation sites (tertiary alicyclic amines) is 1. The zero-order valence-electron chi connectivity index (χ0n) is 7.33. The van der Waals surface area contributed by atoms with Gasteiger partial charge >= 0.3 is 0 Å². The molecule has 1 aliphatic carbocycles. The summed E-state index contributed by atoms with van der Waals surface area (Å²) in [6.07, 6.45) is 5.63. The van der Waals surface area contributed by atoms with E-state index in [9.17, 15) is 4.79 Å². The number of hydrogen-bond donors (Lipinski definition) is 1. The highest BCUT2D eigenvalue weighted by Gasteiger charge is 2.33. The third-order valence-corrected chi connectivity index (χ3v) is 3.03. The number of hydrogen-bond acceptors (Lipinski definition) is 2. The van der Waals surface area contributed by atoms with Gasteiger partial charge in [0.2, 0.25) is 5.91 Å². The summed E-state index contributed by atoms with van der Waals surface area (Å²) in [7, 11) is 0. The quantitative estimate of drug-likeness (QED) is 0.619. The van der Waals surface area contributed by atoms with E-state index in [2.05, 4.69) is 0 Å². The fourth-order valence-corrected chi connectivity index (χ4v) is 1.99. The zero-order valence-corrected chi connectivity index (χ0v) is 7.33. The molecule has 2 fully saturated rings. The third-order valence-electron chi connectivity index (χ3n) is 3.03. The fourth-order valence-electron chi connectivity index (χ4n) is 1.99. The first-order valence-electron chi connectivity index (χ1n) is 4.85. The monoisotopic (exact) mass is 168 g/mol. The van der Waals surface area contributed by atoms with Crippen LogP contribution < -0.4 is 5.73 Å².